The van der Waals surface area contributed by atoms with Gasteiger partial charge in [-0.3, -0.25) is 9.59 Å². The minimum Gasteiger partial charge on any atom is -0.274 e. The van der Waals surface area contributed by atoms with Crippen LogP contribution in [0.1, 0.15) is 12.5 Å². The van der Waals surface area contributed by atoms with E-state index in [0.29, 0.717) is 5.69 Å². The van der Waals surface area contributed by atoms with E-state index in [0.717, 1.165) is 3.57 Å². The number of allylic oxidation sites excluding steroid dienone is 4. The number of rotatable bonds is 2. The Morgan fingerprint density at radius 3 is 2.11 bits per heavy atom. The third-order valence-corrected chi connectivity index (χ3v) is 6.79. The van der Waals surface area contributed by atoms with Gasteiger partial charge in [-0.15, -0.1) is 0 Å². The molecule has 1 saturated heterocycles. The van der Waals surface area contributed by atoms with Gasteiger partial charge in [0.25, 0.3) is 0 Å². The summed E-state index contributed by atoms with van der Waals surface area (Å²) in [5.41, 5.74) is 4.31. The number of fused-ring (bicyclic) bond motifs is 5. The number of nitrogens with zero attached hydrogens (tertiary/aromatic N) is 1. The Morgan fingerprint density at radius 2 is 1.52 bits per heavy atom. The Balaban J connectivity index is 1.56. The molecule has 3 nitrogen and oxygen atoms in total. The second-order valence-electron chi connectivity index (χ2n) is 7.43. The van der Waals surface area contributed by atoms with Crippen LogP contribution in [0.5, 0.6) is 0 Å². The molecule has 134 valence electrons. The first-order valence-corrected chi connectivity index (χ1v) is 10.2. The van der Waals surface area contributed by atoms with E-state index < -0.39 is 0 Å². The third-order valence-electron chi connectivity index (χ3n) is 6.12. The molecule has 2 aliphatic carbocycles. The maximum Gasteiger partial charge on any atom is 0.238 e. The van der Waals surface area contributed by atoms with Gasteiger partial charge < -0.3 is 0 Å². The number of hydrogen-bond acceptors (Lipinski definition) is 2. The second-order valence-corrected chi connectivity index (χ2v) is 8.67. The highest BCUT2D eigenvalue weighted by molar-refractivity contribution is 14.1. The molecule has 2 amide bonds. The minimum absolute atomic E-state index is 0.0319. The van der Waals surface area contributed by atoms with Gasteiger partial charge in [-0.2, -0.15) is 0 Å². The van der Waals surface area contributed by atoms with Gasteiger partial charge in [0.2, 0.25) is 11.8 Å². The smallest absolute Gasteiger partial charge is 0.238 e. The van der Waals surface area contributed by atoms with Crippen LogP contribution < -0.4 is 4.90 Å². The normalized spacial score (nSPS) is 28.2. The maximum absolute atomic E-state index is 13.2. The molecule has 4 heteroatoms. The fraction of sp³-hybridized carbons (Fsp3) is 0.217. The molecule has 5 rings (SSSR count). The summed E-state index contributed by atoms with van der Waals surface area (Å²) in [6.45, 7) is 2.12. The van der Waals surface area contributed by atoms with Gasteiger partial charge in [-0.1, -0.05) is 54.1 Å². The lowest BCUT2D eigenvalue weighted by Gasteiger charge is -2.20. The van der Waals surface area contributed by atoms with Gasteiger partial charge in [-0.05, 0) is 58.9 Å². The van der Waals surface area contributed by atoms with Crippen molar-refractivity contribution >= 4 is 45.7 Å². The van der Waals surface area contributed by atoms with Crippen molar-refractivity contribution in [3.63, 3.8) is 0 Å². The number of hydrogen-bond donors (Lipinski definition) is 0. The van der Waals surface area contributed by atoms with E-state index in [-0.39, 0.29) is 35.5 Å². The van der Waals surface area contributed by atoms with Crippen molar-refractivity contribution in [3.05, 3.63) is 81.5 Å². The zero-order valence-electron chi connectivity index (χ0n) is 14.8. The summed E-state index contributed by atoms with van der Waals surface area (Å²) < 4.78 is 1.02. The van der Waals surface area contributed by atoms with Gasteiger partial charge in [0.05, 0.1) is 17.5 Å². The van der Waals surface area contributed by atoms with Crippen molar-refractivity contribution in [2.24, 2.45) is 23.7 Å². The predicted octanol–water partition coefficient (Wildman–Crippen LogP) is 4.69. The SMILES string of the molecule is CC(=C1[C@H]2C=C[C@H]1[C@@H]1C(=O)N(c3cccc(I)c3)C(=O)[C@H]12)c1ccccc1. The van der Waals surface area contributed by atoms with Crippen LogP contribution in [-0.2, 0) is 9.59 Å². The number of halogens is 1. The molecule has 3 aliphatic rings. The van der Waals surface area contributed by atoms with Crippen LogP contribution in [0.2, 0.25) is 0 Å². The van der Waals surface area contributed by atoms with Crippen molar-refractivity contribution in [1.82, 2.24) is 0 Å². The Hall–Kier alpha value is -2.21. The monoisotopic (exact) mass is 467 g/mol. The first kappa shape index (κ1) is 16.9. The lowest BCUT2D eigenvalue weighted by Crippen LogP contribution is -2.33. The van der Waals surface area contributed by atoms with E-state index in [1.807, 2.05) is 42.5 Å². The average Bonchev–Trinajstić information content (AvgIpc) is 3.31. The molecule has 2 aromatic rings. The van der Waals surface area contributed by atoms with Gasteiger partial charge in [0.1, 0.15) is 0 Å². The molecular formula is C23H18INO2. The molecule has 0 spiro atoms. The lowest BCUT2D eigenvalue weighted by molar-refractivity contribution is -0.122. The zero-order valence-corrected chi connectivity index (χ0v) is 17.0. The Kier molecular flexibility index (Phi) is 3.86. The number of imide groups is 1. The van der Waals surface area contributed by atoms with Gasteiger partial charge in [0.15, 0.2) is 0 Å². The fourth-order valence-electron chi connectivity index (χ4n) is 4.99. The fourth-order valence-corrected chi connectivity index (χ4v) is 5.51. The number of carbonyl (C=O) groups is 2. The molecule has 4 atom stereocenters. The largest absolute Gasteiger partial charge is 0.274 e. The molecule has 1 aliphatic heterocycles. The van der Waals surface area contributed by atoms with Crippen molar-refractivity contribution < 1.29 is 9.59 Å². The first-order valence-electron chi connectivity index (χ1n) is 9.15. The van der Waals surface area contributed by atoms with Gasteiger partial charge in [-0.25, -0.2) is 4.90 Å². The minimum atomic E-state index is -0.265. The molecule has 0 N–H and O–H groups in total. The molecule has 0 unspecified atom stereocenters. The third kappa shape index (κ3) is 2.39. The van der Waals surface area contributed by atoms with Crippen LogP contribution in [0.4, 0.5) is 5.69 Å². The summed E-state index contributed by atoms with van der Waals surface area (Å²) in [7, 11) is 0. The topological polar surface area (TPSA) is 37.4 Å². The van der Waals surface area contributed by atoms with Crippen LogP contribution >= 0.6 is 22.6 Å². The summed E-state index contributed by atoms with van der Waals surface area (Å²) in [4.78, 5) is 27.9. The van der Waals surface area contributed by atoms with E-state index in [1.54, 1.807) is 0 Å². The van der Waals surface area contributed by atoms with E-state index in [1.165, 1.54) is 21.6 Å². The molecule has 0 aromatic heterocycles. The highest BCUT2D eigenvalue weighted by Gasteiger charge is 2.62. The zero-order chi connectivity index (χ0) is 18.7. The summed E-state index contributed by atoms with van der Waals surface area (Å²) in [5.74, 6) is -0.573. The molecule has 2 fully saturated rings. The van der Waals surface area contributed by atoms with Gasteiger partial charge in [0, 0.05) is 15.4 Å². The van der Waals surface area contributed by atoms with Crippen LogP contribution in [-0.4, -0.2) is 11.8 Å². The number of carbonyl (C=O) groups excluding carboxylic acids is 2. The highest BCUT2D eigenvalue weighted by Crippen LogP contribution is 2.58. The molecular weight excluding hydrogens is 449 g/mol. The molecule has 2 bridgehead atoms. The number of benzene rings is 2. The number of anilines is 1. The summed E-state index contributed by atoms with van der Waals surface area (Å²) in [5, 5.41) is 0. The molecule has 27 heavy (non-hydrogen) atoms. The van der Waals surface area contributed by atoms with Crippen LogP contribution in [0, 0.1) is 27.2 Å². The van der Waals surface area contributed by atoms with Crippen molar-refractivity contribution in [2.45, 2.75) is 6.92 Å². The van der Waals surface area contributed by atoms with E-state index in [2.05, 4.69) is 53.8 Å². The number of amides is 2. The average molecular weight is 467 g/mol. The summed E-state index contributed by atoms with van der Waals surface area (Å²) >= 11 is 2.21. The molecule has 1 heterocycles. The predicted molar refractivity (Wildman–Crippen MR) is 114 cm³/mol. The van der Waals surface area contributed by atoms with Crippen molar-refractivity contribution in [2.75, 3.05) is 4.90 Å². The standard InChI is InChI=1S/C23H18INO2/c1-13(14-6-3-2-4-7-14)19-17-10-11-18(19)21-20(17)22(26)25(23(21)27)16-9-5-8-15(24)12-16/h2-12,17-18,20-21H,1H3/t17-,18-,20+,21+/m1/s1. The van der Waals surface area contributed by atoms with E-state index in [9.17, 15) is 9.59 Å². The molecule has 2 aromatic carbocycles. The van der Waals surface area contributed by atoms with Gasteiger partial charge >= 0.3 is 0 Å². The Labute approximate surface area is 171 Å². The second kappa shape index (κ2) is 6.16. The quantitative estimate of drug-likeness (QED) is 0.365. The van der Waals surface area contributed by atoms with E-state index in [4.69, 9.17) is 0 Å². The van der Waals surface area contributed by atoms with Crippen LogP contribution in [0.3, 0.4) is 0 Å². The Bertz CT molecular complexity index is 990. The first-order chi connectivity index (χ1) is 13.1. The molecule has 0 radical (unpaired) electrons. The maximum atomic E-state index is 13.2. The van der Waals surface area contributed by atoms with Crippen molar-refractivity contribution in [3.8, 4) is 0 Å². The summed E-state index contributed by atoms with van der Waals surface area (Å²) in [6.07, 6.45) is 4.27. The van der Waals surface area contributed by atoms with Crippen LogP contribution in [0.15, 0.2) is 72.3 Å². The highest BCUT2D eigenvalue weighted by atomic mass is 127. The van der Waals surface area contributed by atoms with E-state index >= 15 is 0 Å². The van der Waals surface area contributed by atoms with Crippen LogP contribution in [0.25, 0.3) is 5.57 Å². The Morgan fingerprint density at radius 1 is 0.889 bits per heavy atom. The summed E-state index contributed by atoms with van der Waals surface area (Å²) in [6, 6.07) is 17.9. The lowest BCUT2D eigenvalue weighted by atomic mass is 9.85. The van der Waals surface area contributed by atoms with Crippen molar-refractivity contribution in [1.29, 1.82) is 0 Å². The molecule has 1 saturated carbocycles.